The zero-order chi connectivity index (χ0) is 28.2. The Morgan fingerprint density at radius 3 is 2.50 bits per heavy atom. The van der Waals surface area contributed by atoms with Gasteiger partial charge in [-0.15, -0.1) is 0 Å². The van der Waals surface area contributed by atoms with E-state index in [1.54, 1.807) is 0 Å². The van der Waals surface area contributed by atoms with Crippen LogP contribution < -0.4 is 10.1 Å². The summed E-state index contributed by atoms with van der Waals surface area (Å²) in [7, 11) is 0. The molecule has 214 valence electrons. The molecule has 1 unspecified atom stereocenters. The lowest BCUT2D eigenvalue weighted by molar-refractivity contribution is -0.00750. The summed E-state index contributed by atoms with van der Waals surface area (Å²) in [5.41, 5.74) is 4.48. The van der Waals surface area contributed by atoms with Gasteiger partial charge in [0.15, 0.2) is 0 Å². The summed E-state index contributed by atoms with van der Waals surface area (Å²) >= 11 is 0. The second-order valence-electron chi connectivity index (χ2n) is 12.4. The summed E-state index contributed by atoms with van der Waals surface area (Å²) < 4.78 is 15.2. The first-order valence-corrected chi connectivity index (χ1v) is 15.0. The zero-order valence-corrected chi connectivity index (χ0v) is 25.0. The molecule has 0 bridgehead atoms. The van der Waals surface area contributed by atoms with E-state index in [-0.39, 0.29) is 11.0 Å². The van der Waals surface area contributed by atoms with Crippen molar-refractivity contribution in [3.05, 3.63) is 71.6 Å². The molecule has 1 N–H and O–H groups in total. The van der Waals surface area contributed by atoms with Crippen LogP contribution in [0.5, 0.6) is 11.5 Å². The van der Waals surface area contributed by atoms with E-state index in [1.165, 1.54) is 11.3 Å². The minimum absolute atomic E-state index is 0.119. The lowest BCUT2D eigenvalue weighted by Gasteiger charge is -2.32. The van der Waals surface area contributed by atoms with E-state index < -0.39 is 0 Å². The van der Waals surface area contributed by atoms with Crippen LogP contribution in [0.4, 0.5) is 0 Å². The van der Waals surface area contributed by atoms with E-state index in [0.717, 1.165) is 93.7 Å². The van der Waals surface area contributed by atoms with Gasteiger partial charge in [0.1, 0.15) is 17.3 Å². The molecule has 2 aromatic carbocycles. The number of nitrogens with zero attached hydrogens (tertiary/aromatic N) is 3. The monoisotopic (exact) mass is 542 g/mol. The fourth-order valence-corrected chi connectivity index (χ4v) is 5.55. The van der Waals surface area contributed by atoms with Crippen LogP contribution in [-0.2, 0) is 23.1 Å². The highest BCUT2D eigenvalue weighted by molar-refractivity contribution is 5.64. The van der Waals surface area contributed by atoms with Crippen molar-refractivity contribution in [2.75, 3.05) is 39.3 Å². The van der Waals surface area contributed by atoms with Crippen LogP contribution in [0.2, 0.25) is 0 Å². The predicted molar refractivity (Wildman–Crippen MR) is 164 cm³/mol. The molecule has 1 atom stereocenters. The third-order valence-corrected chi connectivity index (χ3v) is 8.05. The molecule has 5 rings (SSSR count). The summed E-state index contributed by atoms with van der Waals surface area (Å²) in [4.78, 5) is 7.61. The summed E-state index contributed by atoms with van der Waals surface area (Å²) in [6.07, 6.45) is 7.43. The van der Waals surface area contributed by atoms with Crippen LogP contribution in [0.3, 0.4) is 0 Å². The maximum atomic E-state index is 6.51. The van der Waals surface area contributed by atoms with E-state index in [2.05, 4.69) is 104 Å². The molecule has 1 fully saturated rings. The maximum Gasteiger partial charge on any atom is 0.141 e. The van der Waals surface area contributed by atoms with Gasteiger partial charge >= 0.3 is 0 Å². The van der Waals surface area contributed by atoms with Crippen molar-refractivity contribution < 1.29 is 9.47 Å². The van der Waals surface area contributed by atoms with Crippen molar-refractivity contribution in [1.29, 1.82) is 0 Å². The van der Waals surface area contributed by atoms with Crippen molar-refractivity contribution in [3.8, 4) is 22.9 Å². The molecule has 0 saturated carbocycles. The van der Waals surface area contributed by atoms with Crippen LogP contribution in [0.15, 0.2) is 54.6 Å². The molecule has 0 amide bonds. The Labute approximate surface area is 240 Å². The van der Waals surface area contributed by atoms with Crippen LogP contribution in [0.1, 0.15) is 64.4 Å². The highest BCUT2D eigenvalue weighted by Crippen LogP contribution is 2.35. The topological polar surface area (TPSA) is 51.6 Å². The van der Waals surface area contributed by atoms with Gasteiger partial charge in [-0.05, 0) is 54.7 Å². The molecule has 6 heteroatoms. The molecule has 0 spiro atoms. The average molecular weight is 543 g/mol. The number of hydrogen-bond donors (Lipinski definition) is 1. The third-order valence-electron chi connectivity index (χ3n) is 8.05. The van der Waals surface area contributed by atoms with E-state index in [0.29, 0.717) is 0 Å². The highest BCUT2D eigenvalue weighted by Gasteiger charge is 2.31. The molecule has 6 nitrogen and oxygen atoms in total. The number of piperazine rings is 1. The van der Waals surface area contributed by atoms with Gasteiger partial charge in [-0.3, -0.25) is 4.90 Å². The minimum atomic E-state index is -0.327. The summed E-state index contributed by atoms with van der Waals surface area (Å²) in [6.45, 7) is 18.1. The second kappa shape index (κ2) is 12.3. The maximum absolute atomic E-state index is 6.51. The van der Waals surface area contributed by atoms with Gasteiger partial charge in [-0.1, -0.05) is 64.5 Å². The molecule has 1 aliphatic heterocycles. The zero-order valence-electron chi connectivity index (χ0n) is 25.0. The standard InChI is InChI=1S/C34H46N4O2/c1-6-7-19-38-31-25-34(5,39-23-22-37-20-17-35-18-21-37)16-15-30(31)36-32(38)26-9-8-10-29(24-26)40-28-13-11-27(12-14-28)33(2,3)4/h8-16,24,35H,6-7,17-23,25H2,1-5H3. The lowest BCUT2D eigenvalue weighted by Crippen LogP contribution is -2.45. The highest BCUT2D eigenvalue weighted by atomic mass is 16.5. The van der Waals surface area contributed by atoms with Gasteiger partial charge in [0.25, 0.3) is 0 Å². The number of imidazole rings is 1. The van der Waals surface area contributed by atoms with Crippen molar-refractivity contribution in [2.24, 2.45) is 0 Å². The summed E-state index contributed by atoms with van der Waals surface area (Å²) in [5, 5.41) is 3.42. The number of hydrogen-bond acceptors (Lipinski definition) is 5. The normalized spacial score (nSPS) is 19.5. The molecule has 3 aromatic rings. The fourth-order valence-electron chi connectivity index (χ4n) is 5.55. The summed E-state index contributed by atoms with van der Waals surface area (Å²) in [5.74, 6) is 2.66. The van der Waals surface area contributed by atoms with Crippen molar-refractivity contribution in [2.45, 2.75) is 71.4 Å². The number of fused-ring (bicyclic) bond motifs is 1. The Hall–Kier alpha value is -2.93. The molecule has 1 aromatic heterocycles. The smallest absolute Gasteiger partial charge is 0.141 e. The third kappa shape index (κ3) is 6.85. The van der Waals surface area contributed by atoms with E-state index >= 15 is 0 Å². The fraction of sp³-hybridized carbons (Fsp3) is 0.500. The molecule has 0 radical (unpaired) electrons. The Balaban J connectivity index is 1.34. The number of benzene rings is 2. The first-order valence-electron chi connectivity index (χ1n) is 15.0. The van der Waals surface area contributed by atoms with Crippen LogP contribution in [0.25, 0.3) is 17.5 Å². The Morgan fingerprint density at radius 2 is 1.77 bits per heavy atom. The lowest BCUT2D eigenvalue weighted by atomic mass is 9.87. The SMILES string of the molecule is CCCCn1c(-c2cccc(Oc3ccc(C(C)(C)C)cc3)c2)nc2c1CC(C)(OCCN1CCNCC1)C=C2. The number of unbranched alkanes of at least 4 members (excludes halogenated alkanes) is 1. The van der Waals surface area contributed by atoms with Gasteiger partial charge in [0, 0.05) is 56.9 Å². The van der Waals surface area contributed by atoms with Crippen molar-refractivity contribution in [3.63, 3.8) is 0 Å². The Kier molecular flexibility index (Phi) is 8.79. The number of nitrogens with one attached hydrogen (secondary N) is 1. The minimum Gasteiger partial charge on any atom is -0.457 e. The van der Waals surface area contributed by atoms with Gasteiger partial charge in [0.05, 0.1) is 17.9 Å². The van der Waals surface area contributed by atoms with E-state index in [9.17, 15) is 0 Å². The second-order valence-corrected chi connectivity index (χ2v) is 12.4. The average Bonchev–Trinajstić information content (AvgIpc) is 3.29. The van der Waals surface area contributed by atoms with E-state index in [1.807, 2.05) is 6.07 Å². The quantitative estimate of drug-likeness (QED) is 0.309. The van der Waals surface area contributed by atoms with E-state index in [4.69, 9.17) is 14.5 Å². The molecular formula is C34H46N4O2. The molecule has 2 aliphatic rings. The number of rotatable bonds is 10. The Bertz CT molecular complexity index is 1300. The first-order chi connectivity index (χ1) is 19.2. The van der Waals surface area contributed by atoms with Gasteiger partial charge < -0.3 is 19.4 Å². The molecule has 1 aliphatic carbocycles. The van der Waals surface area contributed by atoms with Gasteiger partial charge in [-0.25, -0.2) is 4.98 Å². The Morgan fingerprint density at radius 1 is 1.00 bits per heavy atom. The van der Waals surface area contributed by atoms with Crippen LogP contribution in [-0.4, -0.2) is 59.4 Å². The number of ether oxygens (including phenoxy) is 2. The van der Waals surface area contributed by atoms with Crippen LogP contribution >= 0.6 is 0 Å². The predicted octanol–water partition coefficient (Wildman–Crippen LogP) is 6.69. The molecule has 1 saturated heterocycles. The molecular weight excluding hydrogens is 496 g/mol. The first kappa shape index (κ1) is 28.6. The van der Waals surface area contributed by atoms with Gasteiger partial charge in [-0.2, -0.15) is 0 Å². The number of aromatic nitrogens is 2. The van der Waals surface area contributed by atoms with Crippen molar-refractivity contribution >= 4 is 6.08 Å². The van der Waals surface area contributed by atoms with Crippen LogP contribution in [0, 0.1) is 0 Å². The summed E-state index contributed by atoms with van der Waals surface area (Å²) in [6, 6.07) is 16.7. The largest absolute Gasteiger partial charge is 0.457 e. The molecule has 40 heavy (non-hydrogen) atoms. The molecule has 2 heterocycles. The van der Waals surface area contributed by atoms with Gasteiger partial charge in [0.2, 0.25) is 0 Å². The van der Waals surface area contributed by atoms with Crippen molar-refractivity contribution in [1.82, 2.24) is 19.8 Å².